The molecule has 0 atom stereocenters. The van der Waals surface area contributed by atoms with E-state index in [0.717, 1.165) is 21.9 Å². The summed E-state index contributed by atoms with van der Waals surface area (Å²) >= 11 is 6.45. The first-order valence-corrected chi connectivity index (χ1v) is 4.60. The van der Waals surface area contributed by atoms with Gasteiger partial charge in [-0.1, -0.05) is 11.3 Å². The maximum Gasteiger partial charge on any atom is 0.176 e. The Bertz CT molecular complexity index is 263. The van der Waals surface area contributed by atoms with Crippen LogP contribution in [-0.2, 0) is 6.42 Å². The minimum atomic E-state index is 0.763. The molecule has 1 aromatic heterocycles. The van der Waals surface area contributed by atoms with Crippen molar-refractivity contribution in [1.82, 2.24) is 15.1 Å². The Hall–Kier alpha value is -0.260. The normalized spacial score (nSPS) is 10.8. The standard InChI is InChI=1S/C6H11N3S2/c1-9(2)4-3-5-7-8-6(10)11-5/h3-4H2,1-2H3,(H,8,10). The van der Waals surface area contributed by atoms with Gasteiger partial charge in [-0.25, -0.2) is 0 Å². The lowest BCUT2D eigenvalue weighted by Gasteiger charge is -2.05. The molecule has 0 aliphatic heterocycles. The van der Waals surface area contributed by atoms with Gasteiger partial charge >= 0.3 is 0 Å². The van der Waals surface area contributed by atoms with E-state index in [1.165, 1.54) is 0 Å². The Morgan fingerprint density at radius 1 is 1.64 bits per heavy atom. The second-order valence-electron chi connectivity index (χ2n) is 2.56. The second kappa shape index (κ2) is 3.94. The van der Waals surface area contributed by atoms with Gasteiger partial charge in [-0.2, -0.15) is 5.10 Å². The number of likely N-dealkylation sites (N-methyl/N-ethyl adjacent to an activating group) is 1. The molecular formula is C6H11N3S2. The summed E-state index contributed by atoms with van der Waals surface area (Å²) in [5.41, 5.74) is 0. The molecule has 1 aromatic rings. The van der Waals surface area contributed by atoms with Crippen LogP contribution in [0.5, 0.6) is 0 Å². The molecule has 62 valence electrons. The minimum Gasteiger partial charge on any atom is -0.309 e. The highest BCUT2D eigenvalue weighted by atomic mass is 32.1. The van der Waals surface area contributed by atoms with Crippen molar-refractivity contribution in [3.63, 3.8) is 0 Å². The van der Waals surface area contributed by atoms with Crippen LogP contribution in [0.1, 0.15) is 5.01 Å². The zero-order chi connectivity index (χ0) is 8.27. The van der Waals surface area contributed by atoms with Crippen molar-refractivity contribution in [1.29, 1.82) is 0 Å². The molecule has 1 rings (SSSR count). The smallest absolute Gasteiger partial charge is 0.176 e. The quantitative estimate of drug-likeness (QED) is 0.727. The van der Waals surface area contributed by atoms with Crippen LogP contribution >= 0.6 is 23.6 Å². The lowest BCUT2D eigenvalue weighted by Crippen LogP contribution is -2.14. The van der Waals surface area contributed by atoms with Gasteiger partial charge in [-0.15, -0.1) is 0 Å². The van der Waals surface area contributed by atoms with Crippen molar-refractivity contribution in [2.45, 2.75) is 6.42 Å². The van der Waals surface area contributed by atoms with Gasteiger partial charge in [0.1, 0.15) is 5.01 Å². The summed E-state index contributed by atoms with van der Waals surface area (Å²) in [5, 5.41) is 7.89. The van der Waals surface area contributed by atoms with Crippen molar-refractivity contribution in [3.8, 4) is 0 Å². The van der Waals surface area contributed by atoms with Gasteiger partial charge in [0.2, 0.25) is 0 Å². The van der Waals surface area contributed by atoms with Crippen LogP contribution in [0, 0.1) is 3.95 Å². The first-order chi connectivity index (χ1) is 5.18. The van der Waals surface area contributed by atoms with E-state index in [1.807, 2.05) is 14.1 Å². The van der Waals surface area contributed by atoms with Gasteiger partial charge in [0.15, 0.2) is 3.95 Å². The Labute approximate surface area is 75.1 Å². The van der Waals surface area contributed by atoms with Crippen LogP contribution in [0.4, 0.5) is 0 Å². The molecule has 0 fully saturated rings. The molecule has 0 amide bonds. The number of aromatic nitrogens is 2. The SMILES string of the molecule is CN(C)CCc1n[nH]c(=S)s1. The van der Waals surface area contributed by atoms with Crippen LogP contribution in [0.2, 0.25) is 0 Å². The van der Waals surface area contributed by atoms with Crippen molar-refractivity contribution in [2.24, 2.45) is 0 Å². The Morgan fingerprint density at radius 3 is 2.82 bits per heavy atom. The maximum atomic E-state index is 4.90. The molecule has 0 spiro atoms. The van der Waals surface area contributed by atoms with Gasteiger partial charge in [0.05, 0.1) is 0 Å². The van der Waals surface area contributed by atoms with E-state index in [2.05, 4.69) is 15.1 Å². The highest BCUT2D eigenvalue weighted by molar-refractivity contribution is 7.73. The molecule has 0 bridgehead atoms. The van der Waals surface area contributed by atoms with Crippen LogP contribution in [-0.4, -0.2) is 35.7 Å². The topological polar surface area (TPSA) is 31.9 Å². The fourth-order valence-electron chi connectivity index (χ4n) is 0.687. The van der Waals surface area contributed by atoms with E-state index >= 15 is 0 Å². The van der Waals surface area contributed by atoms with Crippen molar-refractivity contribution in [3.05, 3.63) is 8.96 Å². The zero-order valence-corrected chi connectivity index (χ0v) is 8.26. The third kappa shape index (κ3) is 3.09. The first kappa shape index (κ1) is 8.83. The number of rotatable bonds is 3. The Kier molecular flexibility index (Phi) is 3.16. The van der Waals surface area contributed by atoms with Crippen LogP contribution in [0.25, 0.3) is 0 Å². The minimum absolute atomic E-state index is 0.763. The van der Waals surface area contributed by atoms with Crippen LogP contribution in [0.15, 0.2) is 0 Å². The predicted molar refractivity (Wildman–Crippen MR) is 49.6 cm³/mol. The van der Waals surface area contributed by atoms with Gasteiger partial charge < -0.3 is 4.90 Å². The summed E-state index contributed by atoms with van der Waals surface area (Å²) in [7, 11) is 4.10. The maximum absolute atomic E-state index is 4.90. The first-order valence-electron chi connectivity index (χ1n) is 3.37. The largest absolute Gasteiger partial charge is 0.309 e. The van der Waals surface area contributed by atoms with Crippen LogP contribution < -0.4 is 0 Å². The van der Waals surface area contributed by atoms with E-state index in [0.29, 0.717) is 0 Å². The fraction of sp³-hybridized carbons (Fsp3) is 0.667. The Morgan fingerprint density at radius 2 is 2.36 bits per heavy atom. The molecule has 0 aromatic carbocycles. The van der Waals surface area contributed by atoms with E-state index in [9.17, 15) is 0 Å². The van der Waals surface area contributed by atoms with E-state index in [4.69, 9.17) is 12.2 Å². The number of nitrogens with zero attached hydrogens (tertiary/aromatic N) is 2. The molecule has 0 aliphatic rings. The highest BCUT2D eigenvalue weighted by Gasteiger charge is 1.97. The number of nitrogens with one attached hydrogen (secondary N) is 1. The molecule has 5 heteroatoms. The second-order valence-corrected chi connectivity index (χ2v) is 4.31. The van der Waals surface area contributed by atoms with Crippen LogP contribution in [0.3, 0.4) is 0 Å². The molecule has 0 saturated heterocycles. The van der Waals surface area contributed by atoms with Gasteiger partial charge in [-0.3, -0.25) is 5.10 Å². The molecule has 0 radical (unpaired) electrons. The number of aromatic amines is 1. The molecule has 1 heterocycles. The third-order valence-corrected chi connectivity index (χ3v) is 2.40. The van der Waals surface area contributed by atoms with Gasteiger partial charge in [0.25, 0.3) is 0 Å². The summed E-state index contributed by atoms with van der Waals surface area (Å²) in [6.45, 7) is 1.02. The number of H-pyrrole nitrogens is 1. The molecule has 0 aliphatic carbocycles. The van der Waals surface area contributed by atoms with E-state index in [-0.39, 0.29) is 0 Å². The average Bonchev–Trinajstić information content (AvgIpc) is 2.31. The average molecular weight is 189 g/mol. The Balaban J connectivity index is 2.45. The van der Waals surface area contributed by atoms with E-state index in [1.54, 1.807) is 11.3 Å². The monoisotopic (exact) mass is 189 g/mol. The zero-order valence-electron chi connectivity index (χ0n) is 6.63. The van der Waals surface area contributed by atoms with Crippen molar-refractivity contribution >= 4 is 23.6 Å². The molecule has 11 heavy (non-hydrogen) atoms. The van der Waals surface area contributed by atoms with E-state index < -0.39 is 0 Å². The molecule has 3 nitrogen and oxygen atoms in total. The highest BCUT2D eigenvalue weighted by Crippen LogP contribution is 2.04. The molecule has 0 saturated carbocycles. The number of hydrogen-bond donors (Lipinski definition) is 1. The summed E-state index contributed by atoms with van der Waals surface area (Å²) < 4.78 is 0.763. The summed E-state index contributed by atoms with van der Waals surface area (Å²) in [4.78, 5) is 2.13. The lowest BCUT2D eigenvalue weighted by atomic mass is 10.4. The molecular weight excluding hydrogens is 178 g/mol. The predicted octanol–water partition coefficient (Wildman–Crippen LogP) is 1.30. The summed E-state index contributed by atoms with van der Waals surface area (Å²) in [5.74, 6) is 0. The fourth-order valence-corrected chi connectivity index (χ4v) is 1.61. The van der Waals surface area contributed by atoms with Crippen molar-refractivity contribution < 1.29 is 0 Å². The third-order valence-electron chi connectivity index (χ3n) is 1.26. The van der Waals surface area contributed by atoms with Crippen molar-refractivity contribution in [2.75, 3.05) is 20.6 Å². The summed E-state index contributed by atoms with van der Waals surface area (Å²) in [6.07, 6.45) is 0.977. The summed E-state index contributed by atoms with van der Waals surface area (Å²) in [6, 6.07) is 0. The lowest BCUT2D eigenvalue weighted by molar-refractivity contribution is 0.413. The number of hydrogen-bond acceptors (Lipinski definition) is 4. The van der Waals surface area contributed by atoms with Gasteiger partial charge in [-0.05, 0) is 26.3 Å². The molecule has 1 N–H and O–H groups in total. The molecule has 0 unspecified atom stereocenters. The van der Waals surface area contributed by atoms with Gasteiger partial charge in [0, 0.05) is 13.0 Å².